The summed E-state index contributed by atoms with van der Waals surface area (Å²) in [6.07, 6.45) is 0. The van der Waals surface area contributed by atoms with E-state index in [1.54, 1.807) is 0 Å². The lowest BCUT2D eigenvalue weighted by Gasteiger charge is -2.10. The van der Waals surface area contributed by atoms with Crippen LogP contribution in [0.1, 0.15) is 0 Å². The second-order valence-electron chi connectivity index (χ2n) is 9.02. The number of aromatic nitrogens is 1. The van der Waals surface area contributed by atoms with E-state index in [4.69, 9.17) is 0 Å². The fraction of sp³-hybridized carbons (Fsp3) is 0. The molecule has 0 bridgehead atoms. The lowest BCUT2D eigenvalue weighted by Crippen LogP contribution is -1.93. The van der Waals surface area contributed by atoms with Crippen molar-refractivity contribution in [2.45, 2.75) is 0 Å². The van der Waals surface area contributed by atoms with E-state index in [0.717, 1.165) is 0 Å². The molecule has 0 saturated heterocycles. The van der Waals surface area contributed by atoms with Gasteiger partial charge in [-0.15, -0.1) is 11.3 Å². The van der Waals surface area contributed by atoms with Crippen LogP contribution < -0.4 is 0 Å². The van der Waals surface area contributed by atoms with Gasteiger partial charge in [0.2, 0.25) is 0 Å². The fourth-order valence-corrected chi connectivity index (χ4v) is 6.82. The molecule has 0 N–H and O–H groups in total. The second-order valence-corrected chi connectivity index (χ2v) is 10.1. The largest absolute Gasteiger partial charge is 0.308 e. The molecular weight excluding hydrogens is 430 g/mol. The van der Waals surface area contributed by atoms with Gasteiger partial charge in [-0.3, -0.25) is 0 Å². The molecular formula is C32H19NS. The van der Waals surface area contributed by atoms with E-state index in [-0.39, 0.29) is 0 Å². The van der Waals surface area contributed by atoms with Crippen molar-refractivity contribution in [3.05, 3.63) is 115 Å². The maximum atomic E-state index is 2.47. The van der Waals surface area contributed by atoms with E-state index >= 15 is 0 Å². The van der Waals surface area contributed by atoms with Crippen molar-refractivity contribution in [3.63, 3.8) is 0 Å². The normalized spacial score (nSPS) is 12.1. The molecule has 2 heterocycles. The number of thiophene rings is 1. The molecule has 8 rings (SSSR count). The molecule has 2 aromatic heterocycles. The summed E-state index contributed by atoms with van der Waals surface area (Å²) in [6.45, 7) is 0. The number of para-hydroxylation sites is 1. The predicted octanol–water partition coefficient (Wildman–Crippen LogP) is 9.46. The molecule has 0 spiro atoms. The number of fused-ring (bicyclic) bond motifs is 9. The van der Waals surface area contributed by atoms with Gasteiger partial charge in [0.1, 0.15) is 0 Å². The third-order valence-electron chi connectivity index (χ3n) is 7.13. The molecule has 0 unspecified atom stereocenters. The van der Waals surface area contributed by atoms with E-state index < -0.39 is 0 Å². The molecule has 0 aliphatic carbocycles. The van der Waals surface area contributed by atoms with Crippen molar-refractivity contribution >= 4 is 74.9 Å². The average Bonchev–Trinajstić information content (AvgIpc) is 3.42. The van der Waals surface area contributed by atoms with Gasteiger partial charge in [-0.2, -0.15) is 0 Å². The van der Waals surface area contributed by atoms with Crippen LogP contribution in [0, 0.1) is 0 Å². The summed E-state index contributed by atoms with van der Waals surface area (Å²) in [5, 5.41) is 10.4. The monoisotopic (exact) mass is 449 g/mol. The van der Waals surface area contributed by atoms with E-state index in [9.17, 15) is 0 Å². The highest BCUT2D eigenvalue weighted by atomic mass is 32.1. The molecule has 0 saturated carbocycles. The Hall–Kier alpha value is -4.14. The van der Waals surface area contributed by atoms with Crippen LogP contribution in [-0.4, -0.2) is 4.57 Å². The number of benzene rings is 6. The van der Waals surface area contributed by atoms with E-state index in [0.29, 0.717) is 0 Å². The van der Waals surface area contributed by atoms with Crippen molar-refractivity contribution in [2.24, 2.45) is 0 Å². The summed E-state index contributed by atoms with van der Waals surface area (Å²) < 4.78 is 5.16. The summed E-state index contributed by atoms with van der Waals surface area (Å²) >= 11 is 1.91. The molecule has 158 valence electrons. The minimum absolute atomic E-state index is 1.21. The van der Waals surface area contributed by atoms with Crippen molar-refractivity contribution < 1.29 is 0 Å². The van der Waals surface area contributed by atoms with Crippen LogP contribution in [-0.2, 0) is 0 Å². The Morgan fingerprint density at radius 2 is 1.15 bits per heavy atom. The van der Waals surface area contributed by atoms with Gasteiger partial charge in [0.25, 0.3) is 0 Å². The van der Waals surface area contributed by atoms with E-state index in [1.807, 2.05) is 11.3 Å². The summed E-state index contributed by atoms with van der Waals surface area (Å²) in [4.78, 5) is 0. The number of nitrogens with zero attached hydrogens (tertiary/aromatic N) is 1. The lowest BCUT2D eigenvalue weighted by molar-refractivity contribution is 1.19. The Balaban J connectivity index is 1.57. The highest BCUT2D eigenvalue weighted by Crippen LogP contribution is 2.44. The smallest absolute Gasteiger partial charge is 0.0719 e. The Kier molecular flexibility index (Phi) is 3.60. The van der Waals surface area contributed by atoms with Gasteiger partial charge in [-0.25, -0.2) is 0 Å². The first kappa shape index (κ1) is 18.3. The zero-order chi connectivity index (χ0) is 22.2. The lowest BCUT2D eigenvalue weighted by atomic mass is 10.0. The van der Waals surface area contributed by atoms with E-state index in [1.165, 1.54) is 69.2 Å². The highest BCUT2D eigenvalue weighted by molar-refractivity contribution is 7.26. The molecule has 34 heavy (non-hydrogen) atoms. The Morgan fingerprint density at radius 1 is 0.471 bits per heavy atom. The van der Waals surface area contributed by atoms with Gasteiger partial charge in [-0.1, -0.05) is 84.9 Å². The maximum absolute atomic E-state index is 2.47. The Morgan fingerprint density at radius 3 is 2.00 bits per heavy atom. The van der Waals surface area contributed by atoms with E-state index in [2.05, 4.69) is 120 Å². The topological polar surface area (TPSA) is 4.93 Å². The van der Waals surface area contributed by atoms with Crippen LogP contribution in [0.4, 0.5) is 0 Å². The summed E-state index contributed by atoms with van der Waals surface area (Å²) in [7, 11) is 0. The van der Waals surface area contributed by atoms with Crippen LogP contribution in [0.25, 0.3) is 69.2 Å². The maximum Gasteiger partial charge on any atom is 0.0719 e. The average molecular weight is 450 g/mol. The van der Waals surface area contributed by atoms with Crippen molar-refractivity contribution in [3.8, 4) is 5.69 Å². The van der Waals surface area contributed by atoms with Gasteiger partial charge in [-0.05, 0) is 51.9 Å². The van der Waals surface area contributed by atoms with Gasteiger partial charge < -0.3 is 4.57 Å². The van der Waals surface area contributed by atoms with Crippen LogP contribution in [0.5, 0.6) is 0 Å². The van der Waals surface area contributed by atoms with Crippen LogP contribution in [0.2, 0.25) is 0 Å². The third kappa shape index (κ3) is 2.43. The van der Waals surface area contributed by atoms with Gasteiger partial charge in [0, 0.05) is 31.9 Å². The van der Waals surface area contributed by atoms with Crippen LogP contribution in [0.15, 0.2) is 115 Å². The number of hydrogen-bond donors (Lipinski definition) is 0. The molecule has 0 aliphatic rings. The van der Waals surface area contributed by atoms with Gasteiger partial charge >= 0.3 is 0 Å². The summed E-state index contributed by atoms with van der Waals surface area (Å²) in [5.74, 6) is 0. The molecule has 0 atom stereocenters. The molecule has 0 fully saturated rings. The molecule has 0 amide bonds. The Bertz CT molecular complexity index is 2070. The van der Waals surface area contributed by atoms with Crippen LogP contribution >= 0.6 is 11.3 Å². The quantitative estimate of drug-likeness (QED) is 0.235. The molecule has 8 aromatic rings. The summed E-state index contributed by atoms with van der Waals surface area (Å²) in [5.41, 5.74) is 3.77. The number of rotatable bonds is 1. The zero-order valence-electron chi connectivity index (χ0n) is 18.3. The highest BCUT2D eigenvalue weighted by Gasteiger charge is 2.18. The first-order chi connectivity index (χ1) is 16.8. The van der Waals surface area contributed by atoms with Crippen molar-refractivity contribution in [1.29, 1.82) is 0 Å². The predicted molar refractivity (Wildman–Crippen MR) is 149 cm³/mol. The second kappa shape index (κ2) is 6.69. The standard InChI is InChI=1S/C32H19NS/c1-2-8-21-17-24(14-13-20(21)7-1)33-29-12-6-5-11-25(29)26-15-16-27-28-18-22-9-3-4-10-23(22)19-30(28)34-32(27)31(26)33/h1-19H. The van der Waals surface area contributed by atoms with Crippen molar-refractivity contribution in [1.82, 2.24) is 4.57 Å². The summed E-state index contributed by atoms with van der Waals surface area (Å²) in [6, 6.07) is 42.2. The molecule has 2 heteroatoms. The first-order valence-corrected chi connectivity index (χ1v) is 12.4. The molecule has 6 aromatic carbocycles. The minimum atomic E-state index is 1.21. The molecule has 0 aliphatic heterocycles. The zero-order valence-corrected chi connectivity index (χ0v) is 19.1. The SMILES string of the molecule is c1ccc2cc(-n3c4ccccc4c4ccc5c6cc7ccccc7cc6sc5c43)ccc2c1. The van der Waals surface area contributed by atoms with Gasteiger partial charge in [0.05, 0.1) is 15.7 Å². The third-order valence-corrected chi connectivity index (χ3v) is 8.31. The number of hydrogen-bond acceptors (Lipinski definition) is 1. The van der Waals surface area contributed by atoms with Crippen molar-refractivity contribution in [2.75, 3.05) is 0 Å². The first-order valence-electron chi connectivity index (χ1n) is 11.6. The molecule has 1 nitrogen and oxygen atoms in total. The van der Waals surface area contributed by atoms with Crippen LogP contribution in [0.3, 0.4) is 0 Å². The Labute approximate surface area is 200 Å². The van der Waals surface area contributed by atoms with Gasteiger partial charge in [0.15, 0.2) is 0 Å². The fourth-order valence-electron chi connectivity index (χ4n) is 5.55. The molecule has 0 radical (unpaired) electrons. The minimum Gasteiger partial charge on any atom is -0.308 e.